The summed E-state index contributed by atoms with van der Waals surface area (Å²) in [6, 6.07) is 5.09. The van der Waals surface area contributed by atoms with Crippen LogP contribution in [0.5, 0.6) is 5.75 Å². The number of aryl methyl sites for hydroxylation is 2. The maximum absolute atomic E-state index is 11.9. The van der Waals surface area contributed by atoms with Crippen LogP contribution in [0, 0.1) is 19.8 Å². The zero-order valence-corrected chi connectivity index (χ0v) is 13.2. The van der Waals surface area contributed by atoms with Crippen molar-refractivity contribution in [3.05, 3.63) is 29.3 Å². The van der Waals surface area contributed by atoms with Gasteiger partial charge in [-0.2, -0.15) is 0 Å². The van der Waals surface area contributed by atoms with Crippen molar-refractivity contribution in [1.82, 2.24) is 5.32 Å². The van der Waals surface area contributed by atoms with Gasteiger partial charge >= 0.3 is 5.97 Å². The second-order valence-corrected chi connectivity index (χ2v) is 5.42. The average molecular weight is 293 g/mol. The number of hydrogen-bond donors (Lipinski definition) is 1. The van der Waals surface area contributed by atoms with Crippen molar-refractivity contribution in [2.75, 3.05) is 13.7 Å². The summed E-state index contributed by atoms with van der Waals surface area (Å²) in [5, 5.41) is 2.63. The smallest absolute Gasteiger partial charge is 0.328 e. The van der Waals surface area contributed by atoms with Crippen LogP contribution in [-0.4, -0.2) is 31.6 Å². The molecular weight excluding hydrogens is 270 g/mol. The molecule has 0 aliphatic heterocycles. The van der Waals surface area contributed by atoms with Gasteiger partial charge in [0.2, 0.25) is 0 Å². The van der Waals surface area contributed by atoms with Crippen molar-refractivity contribution in [2.45, 2.75) is 33.7 Å². The maximum Gasteiger partial charge on any atom is 0.328 e. The van der Waals surface area contributed by atoms with Crippen LogP contribution >= 0.6 is 0 Å². The van der Waals surface area contributed by atoms with Gasteiger partial charge in [0, 0.05) is 0 Å². The van der Waals surface area contributed by atoms with E-state index >= 15 is 0 Å². The Kier molecular flexibility index (Phi) is 6.21. The molecule has 5 heteroatoms. The summed E-state index contributed by atoms with van der Waals surface area (Å²) in [7, 11) is 1.30. The lowest BCUT2D eigenvalue weighted by Gasteiger charge is -2.19. The van der Waals surface area contributed by atoms with Gasteiger partial charge in [-0.05, 0) is 43.0 Å². The van der Waals surface area contributed by atoms with E-state index in [-0.39, 0.29) is 18.4 Å². The first kappa shape index (κ1) is 17.0. The van der Waals surface area contributed by atoms with Crippen LogP contribution in [0.1, 0.15) is 25.0 Å². The molecule has 1 rings (SSSR count). The van der Waals surface area contributed by atoms with Crippen LogP contribution in [0.2, 0.25) is 0 Å². The molecule has 21 heavy (non-hydrogen) atoms. The van der Waals surface area contributed by atoms with Crippen molar-refractivity contribution in [1.29, 1.82) is 0 Å². The van der Waals surface area contributed by atoms with E-state index in [1.165, 1.54) is 7.11 Å². The molecule has 1 aromatic carbocycles. The number of carbonyl (C=O) groups excluding carboxylic acids is 2. The zero-order chi connectivity index (χ0) is 16.0. The third-order valence-electron chi connectivity index (χ3n) is 3.00. The molecule has 0 saturated heterocycles. The molecule has 0 aliphatic carbocycles. The standard InChI is InChI=1S/C16H23NO4/c1-10(2)15(16(19)20-5)17-14(18)9-21-13-7-11(3)6-12(4)8-13/h6-8,10,15H,9H2,1-5H3,(H,17,18)/t15-/m0/s1. The number of methoxy groups -OCH3 is 1. The van der Waals surface area contributed by atoms with Crippen molar-refractivity contribution < 1.29 is 19.1 Å². The minimum Gasteiger partial charge on any atom is -0.484 e. The fraction of sp³-hybridized carbons (Fsp3) is 0.500. The Morgan fingerprint density at radius 1 is 1.14 bits per heavy atom. The first-order valence-corrected chi connectivity index (χ1v) is 6.91. The van der Waals surface area contributed by atoms with E-state index in [1.54, 1.807) is 0 Å². The van der Waals surface area contributed by atoms with Gasteiger partial charge < -0.3 is 14.8 Å². The normalized spacial score (nSPS) is 11.9. The molecule has 0 unspecified atom stereocenters. The molecule has 0 radical (unpaired) electrons. The molecule has 0 saturated carbocycles. The first-order chi connectivity index (χ1) is 9.83. The average Bonchev–Trinajstić information content (AvgIpc) is 2.40. The summed E-state index contributed by atoms with van der Waals surface area (Å²) in [6.45, 7) is 7.47. The van der Waals surface area contributed by atoms with Gasteiger partial charge in [0.1, 0.15) is 11.8 Å². The molecule has 0 aliphatic rings. The number of esters is 1. The highest BCUT2D eigenvalue weighted by molar-refractivity contribution is 5.85. The molecule has 1 amide bonds. The second kappa shape index (κ2) is 7.67. The van der Waals surface area contributed by atoms with Crippen LogP contribution in [0.4, 0.5) is 0 Å². The monoisotopic (exact) mass is 293 g/mol. The van der Waals surface area contributed by atoms with Crippen LogP contribution < -0.4 is 10.1 Å². The lowest BCUT2D eigenvalue weighted by molar-refractivity contribution is -0.146. The maximum atomic E-state index is 11.9. The topological polar surface area (TPSA) is 64.6 Å². The SMILES string of the molecule is COC(=O)[C@@H](NC(=O)COc1cc(C)cc(C)c1)C(C)C. The van der Waals surface area contributed by atoms with E-state index in [1.807, 2.05) is 45.9 Å². The first-order valence-electron chi connectivity index (χ1n) is 6.91. The molecule has 0 aromatic heterocycles. The number of hydrogen-bond acceptors (Lipinski definition) is 4. The van der Waals surface area contributed by atoms with Crippen LogP contribution in [0.25, 0.3) is 0 Å². The summed E-state index contributed by atoms with van der Waals surface area (Å²) in [5.41, 5.74) is 2.14. The van der Waals surface area contributed by atoms with Crippen molar-refractivity contribution in [2.24, 2.45) is 5.92 Å². The van der Waals surface area contributed by atoms with Crippen LogP contribution in [0.15, 0.2) is 18.2 Å². The molecule has 0 spiro atoms. The second-order valence-electron chi connectivity index (χ2n) is 5.42. The lowest BCUT2D eigenvalue weighted by Crippen LogP contribution is -2.46. The largest absolute Gasteiger partial charge is 0.484 e. The highest BCUT2D eigenvalue weighted by Crippen LogP contribution is 2.16. The van der Waals surface area contributed by atoms with Gasteiger partial charge in [0.15, 0.2) is 6.61 Å². The summed E-state index contributed by atoms with van der Waals surface area (Å²) in [5.74, 6) is -0.215. The van der Waals surface area contributed by atoms with E-state index in [0.717, 1.165) is 11.1 Å². The van der Waals surface area contributed by atoms with E-state index in [4.69, 9.17) is 4.74 Å². The Morgan fingerprint density at radius 3 is 2.19 bits per heavy atom. The minimum absolute atomic E-state index is 0.0531. The van der Waals surface area contributed by atoms with E-state index in [0.29, 0.717) is 5.75 Å². The molecule has 1 N–H and O–H groups in total. The summed E-state index contributed by atoms with van der Waals surface area (Å²) < 4.78 is 10.1. The van der Waals surface area contributed by atoms with Crippen molar-refractivity contribution in [3.63, 3.8) is 0 Å². The van der Waals surface area contributed by atoms with Gasteiger partial charge in [-0.3, -0.25) is 4.79 Å². The highest BCUT2D eigenvalue weighted by atomic mass is 16.5. The molecule has 5 nitrogen and oxygen atoms in total. The lowest BCUT2D eigenvalue weighted by atomic mass is 10.0. The Hall–Kier alpha value is -2.04. The Balaban J connectivity index is 2.58. The van der Waals surface area contributed by atoms with E-state index in [2.05, 4.69) is 10.1 Å². The van der Waals surface area contributed by atoms with Crippen LogP contribution in [0.3, 0.4) is 0 Å². The summed E-state index contributed by atoms with van der Waals surface area (Å²) in [4.78, 5) is 23.5. The van der Waals surface area contributed by atoms with Gasteiger partial charge in [0.05, 0.1) is 7.11 Å². The number of rotatable bonds is 6. The summed E-state index contributed by atoms with van der Waals surface area (Å²) in [6.07, 6.45) is 0. The third-order valence-corrected chi connectivity index (χ3v) is 3.00. The number of carbonyl (C=O) groups is 2. The van der Waals surface area contributed by atoms with Crippen molar-refractivity contribution in [3.8, 4) is 5.75 Å². The Bertz CT molecular complexity index is 491. The number of amides is 1. The zero-order valence-electron chi connectivity index (χ0n) is 13.2. The van der Waals surface area contributed by atoms with Gasteiger partial charge in [-0.25, -0.2) is 4.79 Å². The van der Waals surface area contributed by atoms with Crippen molar-refractivity contribution >= 4 is 11.9 Å². The highest BCUT2D eigenvalue weighted by Gasteiger charge is 2.24. The summed E-state index contributed by atoms with van der Waals surface area (Å²) >= 11 is 0. The van der Waals surface area contributed by atoms with Gasteiger partial charge in [-0.15, -0.1) is 0 Å². The number of nitrogens with one attached hydrogen (secondary N) is 1. The molecule has 116 valence electrons. The Labute approximate surface area is 125 Å². The predicted octanol–water partition coefficient (Wildman–Crippen LogP) is 2.00. The molecular formula is C16H23NO4. The molecule has 0 bridgehead atoms. The third kappa shape index (κ3) is 5.45. The predicted molar refractivity (Wildman–Crippen MR) is 80.2 cm³/mol. The van der Waals surface area contributed by atoms with Gasteiger partial charge in [-0.1, -0.05) is 19.9 Å². The van der Waals surface area contributed by atoms with Crippen LogP contribution in [-0.2, 0) is 14.3 Å². The molecule has 0 heterocycles. The fourth-order valence-electron chi connectivity index (χ4n) is 2.00. The van der Waals surface area contributed by atoms with Gasteiger partial charge in [0.25, 0.3) is 5.91 Å². The number of ether oxygens (including phenoxy) is 2. The molecule has 1 aromatic rings. The van der Waals surface area contributed by atoms with E-state index in [9.17, 15) is 9.59 Å². The fourth-order valence-corrected chi connectivity index (χ4v) is 2.00. The minimum atomic E-state index is -0.662. The van der Waals surface area contributed by atoms with E-state index < -0.39 is 12.0 Å². The molecule has 1 atom stereocenters. The quantitative estimate of drug-likeness (QED) is 0.815. The molecule has 0 fully saturated rings. The number of benzene rings is 1. The Morgan fingerprint density at radius 2 is 1.71 bits per heavy atom.